The molecule has 5 heteroatoms. The van der Waals surface area contributed by atoms with Gasteiger partial charge in [-0.15, -0.1) is 0 Å². The summed E-state index contributed by atoms with van der Waals surface area (Å²) in [4.78, 5) is 7.45. The minimum Gasteiger partial charge on any atom is -0.496 e. The highest BCUT2D eigenvalue weighted by atomic mass is 16.5. The fraction of sp³-hybridized carbons (Fsp3) is 0.0833. The smallest absolute Gasteiger partial charge is 0.126 e. The maximum Gasteiger partial charge on any atom is 0.126 e. The molecule has 0 bridgehead atoms. The molecule has 2 heterocycles. The summed E-state index contributed by atoms with van der Waals surface area (Å²) >= 11 is 0. The van der Waals surface area contributed by atoms with E-state index in [9.17, 15) is 5.26 Å². The van der Waals surface area contributed by atoms with Crippen molar-refractivity contribution in [2.75, 3.05) is 12.4 Å². The lowest BCUT2D eigenvalue weighted by molar-refractivity contribution is 0.414. The number of methoxy groups -OCH3 is 1. The molecule has 2 N–H and O–H groups in total. The lowest BCUT2D eigenvalue weighted by Gasteiger charge is -2.14. The van der Waals surface area contributed by atoms with Crippen molar-refractivity contribution in [2.24, 2.45) is 0 Å². The number of fused-ring (bicyclic) bond motifs is 1. The summed E-state index contributed by atoms with van der Waals surface area (Å²) in [6, 6.07) is 16.1. The lowest BCUT2D eigenvalue weighted by atomic mass is 10.1. The molecule has 0 saturated heterocycles. The number of hydrogen-bond donors (Lipinski definition) is 2. The highest BCUT2D eigenvalue weighted by Gasteiger charge is 2.11. The second-order valence-corrected chi connectivity index (χ2v) is 6.64. The summed E-state index contributed by atoms with van der Waals surface area (Å²) < 4.78 is 5.42. The third kappa shape index (κ3) is 3.56. The zero-order valence-electron chi connectivity index (χ0n) is 16.2. The zero-order valence-corrected chi connectivity index (χ0v) is 16.2. The number of nitrogens with zero attached hydrogens (tertiary/aromatic N) is 2. The zero-order chi connectivity index (χ0) is 20.2. The summed E-state index contributed by atoms with van der Waals surface area (Å²) in [5.41, 5.74) is 6.14. The van der Waals surface area contributed by atoms with Crippen LogP contribution in [0.15, 0.2) is 61.1 Å². The van der Waals surface area contributed by atoms with Crippen LogP contribution in [0, 0.1) is 18.3 Å². The van der Waals surface area contributed by atoms with E-state index in [4.69, 9.17) is 4.74 Å². The molecule has 4 aromatic rings. The number of H-pyrrole nitrogens is 1. The van der Waals surface area contributed by atoms with Gasteiger partial charge in [-0.1, -0.05) is 30.4 Å². The third-order valence-electron chi connectivity index (χ3n) is 4.94. The van der Waals surface area contributed by atoms with Crippen LogP contribution in [0.25, 0.3) is 23.1 Å². The van der Waals surface area contributed by atoms with Crippen LogP contribution in [0.5, 0.6) is 5.75 Å². The van der Waals surface area contributed by atoms with Crippen molar-refractivity contribution in [2.45, 2.75) is 6.92 Å². The van der Waals surface area contributed by atoms with Gasteiger partial charge in [-0.2, -0.15) is 5.26 Å². The van der Waals surface area contributed by atoms with Crippen molar-refractivity contribution in [3.05, 3.63) is 83.3 Å². The molecule has 0 aliphatic heterocycles. The van der Waals surface area contributed by atoms with E-state index in [0.717, 1.165) is 44.7 Å². The molecule has 4 rings (SSSR count). The Bertz CT molecular complexity index is 1250. The van der Waals surface area contributed by atoms with Crippen LogP contribution in [-0.4, -0.2) is 17.1 Å². The fourth-order valence-electron chi connectivity index (χ4n) is 3.37. The lowest BCUT2D eigenvalue weighted by Crippen LogP contribution is -1.99. The number of para-hydroxylation sites is 1. The quantitative estimate of drug-likeness (QED) is 0.468. The topological polar surface area (TPSA) is 73.7 Å². The Morgan fingerprint density at radius 2 is 1.90 bits per heavy atom. The molecule has 0 amide bonds. The van der Waals surface area contributed by atoms with Gasteiger partial charge in [-0.3, -0.25) is 4.98 Å². The Balaban J connectivity index is 1.76. The Hall–Kier alpha value is -4.04. The second kappa shape index (κ2) is 7.91. The Kier molecular flexibility index (Phi) is 5.00. The second-order valence-electron chi connectivity index (χ2n) is 6.64. The summed E-state index contributed by atoms with van der Waals surface area (Å²) in [5.74, 6) is 0.788. The number of rotatable bonds is 5. The van der Waals surface area contributed by atoms with E-state index in [-0.39, 0.29) is 0 Å². The minimum atomic E-state index is 0.487. The Labute approximate surface area is 169 Å². The number of nitriles is 1. The minimum absolute atomic E-state index is 0.487. The van der Waals surface area contributed by atoms with E-state index >= 15 is 0 Å². The number of pyridine rings is 1. The molecule has 0 fully saturated rings. The predicted molar refractivity (Wildman–Crippen MR) is 117 cm³/mol. The number of nitrogens with one attached hydrogen (secondary N) is 2. The first-order valence-corrected chi connectivity index (χ1v) is 9.24. The fourth-order valence-corrected chi connectivity index (χ4v) is 3.37. The van der Waals surface area contributed by atoms with E-state index in [1.165, 1.54) is 0 Å². The molecule has 2 aromatic carbocycles. The van der Waals surface area contributed by atoms with Crippen molar-refractivity contribution < 1.29 is 4.74 Å². The van der Waals surface area contributed by atoms with E-state index in [2.05, 4.69) is 34.3 Å². The molecule has 29 heavy (non-hydrogen) atoms. The van der Waals surface area contributed by atoms with Crippen LogP contribution in [0.3, 0.4) is 0 Å². The summed E-state index contributed by atoms with van der Waals surface area (Å²) in [6.45, 7) is 2.07. The monoisotopic (exact) mass is 380 g/mol. The van der Waals surface area contributed by atoms with E-state index in [1.807, 2.05) is 54.7 Å². The van der Waals surface area contributed by atoms with E-state index < -0.39 is 0 Å². The number of anilines is 2. The molecular weight excluding hydrogens is 360 g/mol. The van der Waals surface area contributed by atoms with Gasteiger partial charge in [0.25, 0.3) is 0 Å². The maximum atomic E-state index is 9.62. The number of ether oxygens (including phenoxy) is 1. The van der Waals surface area contributed by atoms with Crippen molar-refractivity contribution >= 4 is 34.4 Å². The van der Waals surface area contributed by atoms with Crippen LogP contribution < -0.4 is 10.1 Å². The molecule has 142 valence electrons. The summed E-state index contributed by atoms with van der Waals surface area (Å²) in [6.07, 6.45) is 9.16. The molecule has 0 aliphatic rings. The highest BCUT2D eigenvalue weighted by Crippen LogP contribution is 2.31. The van der Waals surface area contributed by atoms with Crippen molar-refractivity contribution in [3.8, 4) is 11.8 Å². The third-order valence-corrected chi connectivity index (χ3v) is 4.94. The Morgan fingerprint density at radius 3 is 2.72 bits per heavy atom. The maximum absolute atomic E-state index is 9.62. The van der Waals surface area contributed by atoms with Gasteiger partial charge in [0.1, 0.15) is 11.8 Å². The van der Waals surface area contributed by atoms with E-state index in [1.54, 1.807) is 19.5 Å². The average Bonchev–Trinajstić information content (AvgIpc) is 3.24. The van der Waals surface area contributed by atoms with Gasteiger partial charge in [0.05, 0.1) is 18.4 Å². The summed E-state index contributed by atoms with van der Waals surface area (Å²) in [5, 5.41) is 14.2. The van der Waals surface area contributed by atoms with Crippen LogP contribution in [-0.2, 0) is 0 Å². The first-order valence-electron chi connectivity index (χ1n) is 9.24. The van der Waals surface area contributed by atoms with Gasteiger partial charge in [-0.25, -0.2) is 0 Å². The highest BCUT2D eigenvalue weighted by molar-refractivity contribution is 5.90. The molecule has 0 radical (unpaired) electrons. The first kappa shape index (κ1) is 18.3. The normalized spacial score (nSPS) is 10.9. The summed E-state index contributed by atoms with van der Waals surface area (Å²) in [7, 11) is 1.65. The van der Waals surface area contributed by atoms with E-state index in [0.29, 0.717) is 5.56 Å². The average molecular weight is 380 g/mol. The van der Waals surface area contributed by atoms with Crippen molar-refractivity contribution in [1.82, 2.24) is 9.97 Å². The van der Waals surface area contributed by atoms with Gasteiger partial charge in [0.2, 0.25) is 0 Å². The van der Waals surface area contributed by atoms with Crippen molar-refractivity contribution in [3.63, 3.8) is 0 Å². The number of hydrogen-bond acceptors (Lipinski definition) is 4. The number of aromatic nitrogens is 2. The molecule has 0 atom stereocenters. The Morgan fingerprint density at radius 1 is 1.07 bits per heavy atom. The van der Waals surface area contributed by atoms with Crippen LogP contribution in [0.4, 0.5) is 11.4 Å². The first-order chi connectivity index (χ1) is 14.2. The molecule has 0 saturated carbocycles. The van der Waals surface area contributed by atoms with Gasteiger partial charge >= 0.3 is 0 Å². The largest absolute Gasteiger partial charge is 0.496 e. The van der Waals surface area contributed by atoms with Gasteiger partial charge in [-0.05, 0) is 36.8 Å². The predicted octanol–water partition coefficient (Wildman–Crippen LogP) is 5.67. The number of aromatic amines is 1. The van der Waals surface area contributed by atoms with Gasteiger partial charge in [0, 0.05) is 46.3 Å². The van der Waals surface area contributed by atoms with Crippen LogP contribution >= 0.6 is 0 Å². The molecule has 2 aromatic heterocycles. The standard InChI is InChI=1S/C24H20N4O/c1-16-20-11-12-27-22(20)10-9-21(16)28-24-18(14-26-15-19(24)13-25)8-7-17-5-3-4-6-23(17)29-2/h3-12,14-15,27H,1-2H3,(H,26,28). The number of benzene rings is 2. The number of aryl methyl sites for hydroxylation is 1. The molecule has 5 nitrogen and oxygen atoms in total. The molecule has 0 spiro atoms. The van der Waals surface area contributed by atoms with Gasteiger partial charge in [0.15, 0.2) is 0 Å². The van der Waals surface area contributed by atoms with Gasteiger partial charge < -0.3 is 15.0 Å². The molecule has 0 unspecified atom stereocenters. The molecular formula is C24H20N4O. The SMILES string of the molecule is COc1ccccc1C=Cc1cncc(C#N)c1Nc1ccc2[nH]ccc2c1C. The van der Waals surface area contributed by atoms with Crippen LogP contribution in [0.2, 0.25) is 0 Å². The van der Waals surface area contributed by atoms with Crippen molar-refractivity contribution in [1.29, 1.82) is 5.26 Å². The van der Waals surface area contributed by atoms with Crippen LogP contribution in [0.1, 0.15) is 22.3 Å². The molecule has 0 aliphatic carbocycles.